The third kappa shape index (κ3) is 2.46. The summed E-state index contributed by atoms with van der Waals surface area (Å²) in [5.41, 5.74) is 2.52. The van der Waals surface area contributed by atoms with Crippen molar-refractivity contribution in [2.75, 3.05) is 18.5 Å². The van der Waals surface area contributed by atoms with Crippen molar-refractivity contribution in [3.63, 3.8) is 0 Å². The van der Waals surface area contributed by atoms with Gasteiger partial charge in [-0.05, 0) is 29.9 Å². The first-order valence-corrected chi connectivity index (χ1v) is 6.11. The Kier molecular flexibility index (Phi) is 3.20. The van der Waals surface area contributed by atoms with Gasteiger partial charge in [-0.1, -0.05) is 25.1 Å². The van der Waals surface area contributed by atoms with Gasteiger partial charge in [0.2, 0.25) is 0 Å². The van der Waals surface area contributed by atoms with Crippen LogP contribution in [0.2, 0.25) is 0 Å². The molecule has 2 heteroatoms. The van der Waals surface area contributed by atoms with E-state index in [0.29, 0.717) is 5.88 Å². The Balaban J connectivity index is 2.06. The number of alkyl halides is 1. The lowest BCUT2D eigenvalue weighted by Gasteiger charge is -2.21. The number of nitrogens with zero attached hydrogens (tertiary/aromatic N) is 1. The highest BCUT2D eigenvalue weighted by Crippen LogP contribution is 2.39. The quantitative estimate of drug-likeness (QED) is 0.706. The molecule has 2 atom stereocenters. The number of halogens is 1. The molecule has 0 aliphatic heterocycles. The third-order valence-electron chi connectivity index (χ3n) is 3.33. The molecule has 0 spiro atoms. The number of benzene rings is 1. The molecule has 1 aromatic carbocycles. The highest BCUT2D eigenvalue weighted by Gasteiger charge is 2.33. The Hall–Kier alpha value is -0.690. The van der Waals surface area contributed by atoms with Crippen molar-refractivity contribution in [1.82, 2.24) is 0 Å². The van der Waals surface area contributed by atoms with E-state index in [9.17, 15) is 0 Å². The number of hydrogen-bond acceptors (Lipinski definition) is 1. The maximum absolute atomic E-state index is 5.93. The SMILES string of the molecule is CC1CC1CN(C)c1ccccc1CCl. The largest absolute Gasteiger partial charge is 0.374 e. The van der Waals surface area contributed by atoms with Gasteiger partial charge >= 0.3 is 0 Å². The number of para-hydroxylation sites is 1. The lowest BCUT2D eigenvalue weighted by atomic mass is 10.2. The summed E-state index contributed by atoms with van der Waals surface area (Å²) < 4.78 is 0. The van der Waals surface area contributed by atoms with E-state index in [1.165, 1.54) is 17.7 Å². The zero-order chi connectivity index (χ0) is 10.8. The normalized spacial score (nSPS) is 23.9. The molecule has 0 bridgehead atoms. The monoisotopic (exact) mass is 223 g/mol. The van der Waals surface area contributed by atoms with Gasteiger partial charge in [0.1, 0.15) is 0 Å². The molecule has 1 nitrogen and oxygen atoms in total. The molecule has 1 fully saturated rings. The summed E-state index contributed by atoms with van der Waals surface area (Å²) in [6.07, 6.45) is 1.38. The molecule has 0 heterocycles. The minimum atomic E-state index is 0.598. The fraction of sp³-hybridized carbons (Fsp3) is 0.538. The molecule has 82 valence electrons. The van der Waals surface area contributed by atoms with E-state index < -0.39 is 0 Å². The first-order chi connectivity index (χ1) is 7.22. The molecule has 1 aliphatic carbocycles. The highest BCUT2D eigenvalue weighted by atomic mass is 35.5. The second-order valence-electron chi connectivity index (χ2n) is 4.62. The van der Waals surface area contributed by atoms with Crippen molar-refractivity contribution < 1.29 is 0 Å². The Bertz CT molecular complexity index is 337. The predicted molar refractivity (Wildman–Crippen MR) is 66.5 cm³/mol. The third-order valence-corrected chi connectivity index (χ3v) is 3.62. The van der Waals surface area contributed by atoms with Gasteiger partial charge in [0.15, 0.2) is 0 Å². The van der Waals surface area contributed by atoms with Gasteiger partial charge < -0.3 is 4.90 Å². The molecule has 1 saturated carbocycles. The Morgan fingerprint density at radius 3 is 2.67 bits per heavy atom. The molecule has 0 radical (unpaired) electrons. The van der Waals surface area contributed by atoms with Crippen LogP contribution in [0.3, 0.4) is 0 Å². The van der Waals surface area contributed by atoms with Crippen molar-refractivity contribution in [3.05, 3.63) is 29.8 Å². The molecule has 1 aromatic rings. The summed E-state index contributed by atoms with van der Waals surface area (Å²) in [6.45, 7) is 3.49. The van der Waals surface area contributed by atoms with Crippen LogP contribution in [-0.2, 0) is 5.88 Å². The molecular weight excluding hydrogens is 206 g/mol. The topological polar surface area (TPSA) is 3.24 Å². The van der Waals surface area contributed by atoms with Gasteiger partial charge in [-0.25, -0.2) is 0 Å². The maximum atomic E-state index is 5.93. The summed E-state index contributed by atoms with van der Waals surface area (Å²) >= 11 is 5.93. The van der Waals surface area contributed by atoms with E-state index in [4.69, 9.17) is 11.6 Å². The molecule has 1 aliphatic rings. The minimum Gasteiger partial charge on any atom is -0.374 e. The van der Waals surface area contributed by atoms with Crippen LogP contribution in [0, 0.1) is 11.8 Å². The average Bonchev–Trinajstić information content (AvgIpc) is 2.94. The lowest BCUT2D eigenvalue weighted by molar-refractivity contribution is 0.724. The van der Waals surface area contributed by atoms with Crippen LogP contribution in [0.15, 0.2) is 24.3 Å². The van der Waals surface area contributed by atoms with E-state index in [0.717, 1.165) is 18.4 Å². The van der Waals surface area contributed by atoms with E-state index in [-0.39, 0.29) is 0 Å². The molecular formula is C13H18ClN. The Morgan fingerprint density at radius 1 is 1.40 bits per heavy atom. The molecule has 0 amide bonds. The molecule has 2 unspecified atom stereocenters. The Morgan fingerprint density at radius 2 is 2.07 bits per heavy atom. The molecule has 0 aromatic heterocycles. The second kappa shape index (κ2) is 4.44. The van der Waals surface area contributed by atoms with Crippen molar-refractivity contribution in [2.45, 2.75) is 19.2 Å². The molecule has 15 heavy (non-hydrogen) atoms. The van der Waals surface area contributed by atoms with Gasteiger partial charge in [-0.15, -0.1) is 11.6 Å². The van der Waals surface area contributed by atoms with Crippen molar-refractivity contribution in [1.29, 1.82) is 0 Å². The van der Waals surface area contributed by atoms with Crippen LogP contribution in [0.1, 0.15) is 18.9 Å². The van der Waals surface area contributed by atoms with Gasteiger partial charge in [0, 0.05) is 25.2 Å². The van der Waals surface area contributed by atoms with Gasteiger partial charge in [0.05, 0.1) is 0 Å². The molecule has 0 N–H and O–H groups in total. The van der Waals surface area contributed by atoms with Crippen LogP contribution in [-0.4, -0.2) is 13.6 Å². The minimum absolute atomic E-state index is 0.598. The molecule has 0 saturated heterocycles. The van der Waals surface area contributed by atoms with Crippen LogP contribution < -0.4 is 4.90 Å². The summed E-state index contributed by atoms with van der Waals surface area (Å²) in [5, 5.41) is 0. The summed E-state index contributed by atoms with van der Waals surface area (Å²) in [6, 6.07) is 8.40. The fourth-order valence-corrected chi connectivity index (χ4v) is 2.33. The van der Waals surface area contributed by atoms with Crippen molar-refractivity contribution >= 4 is 17.3 Å². The number of hydrogen-bond donors (Lipinski definition) is 0. The lowest BCUT2D eigenvalue weighted by Crippen LogP contribution is -2.21. The van der Waals surface area contributed by atoms with Gasteiger partial charge in [0.25, 0.3) is 0 Å². The highest BCUT2D eigenvalue weighted by molar-refractivity contribution is 6.17. The van der Waals surface area contributed by atoms with Crippen LogP contribution in [0.25, 0.3) is 0 Å². The van der Waals surface area contributed by atoms with Crippen LogP contribution >= 0.6 is 11.6 Å². The maximum Gasteiger partial charge on any atom is 0.0494 e. The van der Waals surface area contributed by atoms with E-state index >= 15 is 0 Å². The molecule has 2 rings (SSSR count). The fourth-order valence-electron chi connectivity index (χ4n) is 2.10. The van der Waals surface area contributed by atoms with E-state index in [1.807, 2.05) is 0 Å². The van der Waals surface area contributed by atoms with Gasteiger partial charge in [-0.3, -0.25) is 0 Å². The van der Waals surface area contributed by atoms with Crippen LogP contribution in [0.5, 0.6) is 0 Å². The number of anilines is 1. The summed E-state index contributed by atoms with van der Waals surface area (Å²) in [5.74, 6) is 2.40. The Labute approximate surface area is 97.0 Å². The summed E-state index contributed by atoms with van der Waals surface area (Å²) in [4.78, 5) is 2.34. The van der Waals surface area contributed by atoms with E-state index in [1.54, 1.807) is 0 Å². The predicted octanol–water partition coefficient (Wildman–Crippen LogP) is 3.52. The second-order valence-corrected chi connectivity index (χ2v) is 4.88. The smallest absolute Gasteiger partial charge is 0.0494 e. The number of rotatable bonds is 4. The zero-order valence-electron chi connectivity index (χ0n) is 9.41. The van der Waals surface area contributed by atoms with E-state index in [2.05, 4.69) is 43.1 Å². The van der Waals surface area contributed by atoms with Crippen LogP contribution in [0.4, 0.5) is 5.69 Å². The standard InChI is InChI=1S/C13H18ClN/c1-10-7-12(10)9-15(2)13-6-4-3-5-11(13)8-14/h3-6,10,12H,7-9H2,1-2H3. The van der Waals surface area contributed by atoms with Gasteiger partial charge in [-0.2, -0.15) is 0 Å². The zero-order valence-corrected chi connectivity index (χ0v) is 10.2. The summed E-state index contributed by atoms with van der Waals surface area (Å²) in [7, 11) is 2.16. The first kappa shape index (κ1) is 10.8. The van der Waals surface area contributed by atoms with Crippen molar-refractivity contribution in [2.24, 2.45) is 11.8 Å². The first-order valence-electron chi connectivity index (χ1n) is 5.57. The average molecular weight is 224 g/mol. The van der Waals surface area contributed by atoms with Crippen molar-refractivity contribution in [3.8, 4) is 0 Å².